The smallest absolute Gasteiger partial charge is 0.249 e. The van der Waals surface area contributed by atoms with Gasteiger partial charge in [0.1, 0.15) is 11.8 Å². The van der Waals surface area contributed by atoms with Gasteiger partial charge in [-0.05, 0) is 49.2 Å². The molecule has 2 aromatic heterocycles. The number of hydrogen-bond acceptors (Lipinski definition) is 7. The van der Waals surface area contributed by atoms with Crippen molar-refractivity contribution in [3.05, 3.63) is 54.7 Å². The van der Waals surface area contributed by atoms with Crippen LogP contribution in [0.15, 0.2) is 58.2 Å². The predicted octanol–water partition coefficient (Wildman–Crippen LogP) is 4.14. The first-order chi connectivity index (χ1) is 14.1. The van der Waals surface area contributed by atoms with Crippen LogP contribution in [-0.2, 0) is 4.79 Å². The number of hydrogen-bond donors (Lipinski definition) is 1. The lowest BCUT2D eigenvalue weighted by Gasteiger charge is -2.18. The molecule has 7 nitrogen and oxygen atoms in total. The Morgan fingerprint density at radius 3 is 2.55 bits per heavy atom. The standard InChI is InChI=1S/C21H24N4O3S/c1-4-27-16-5-7-17(8-6-16)29-13-18(26)23-19(14(2)3)21-24-20(25-28-21)15-9-11-22-12-10-15/h5-12,14,19H,4,13H2,1-3H3,(H,23,26). The monoisotopic (exact) mass is 412 g/mol. The number of aromatic nitrogens is 3. The molecule has 0 saturated heterocycles. The fourth-order valence-corrected chi connectivity index (χ4v) is 3.37. The number of nitrogens with zero attached hydrogens (tertiary/aromatic N) is 3. The number of rotatable bonds is 9. The number of benzene rings is 1. The van der Waals surface area contributed by atoms with E-state index in [1.54, 1.807) is 12.4 Å². The zero-order valence-electron chi connectivity index (χ0n) is 16.7. The second kappa shape index (κ2) is 10.1. The van der Waals surface area contributed by atoms with Gasteiger partial charge in [0.15, 0.2) is 0 Å². The Morgan fingerprint density at radius 1 is 1.17 bits per heavy atom. The van der Waals surface area contributed by atoms with Gasteiger partial charge in [-0.2, -0.15) is 4.98 Å². The van der Waals surface area contributed by atoms with Crippen LogP contribution in [0.2, 0.25) is 0 Å². The average molecular weight is 413 g/mol. The van der Waals surface area contributed by atoms with Crippen molar-refractivity contribution in [3.63, 3.8) is 0 Å². The van der Waals surface area contributed by atoms with E-state index in [0.29, 0.717) is 24.1 Å². The molecule has 29 heavy (non-hydrogen) atoms. The summed E-state index contributed by atoms with van der Waals surface area (Å²) < 4.78 is 10.9. The number of ether oxygens (including phenoxy) is 1. The Kier molecular flexibility index (Phi) is 7.24. The van der Waals surface area contributed by atoms with Gasteiger partial charge < -0.3 is 14.6 Å². The highest BCUT2D eigenvalue weighted by Crippen LogP contribution is 2.25. The van der Waals surface area contributed by atoms with Gasteiger partial charge in [0, 0.05) is 22.9 Å². The van der Waals surface area contributed by atoms with Crippen molar-refractivity contribution in [1.82, 2.24) is 20.4 Å². The van der Waals surface area contributed by atoms with Crippen molar-refractivity contribution in [2.24, 2.45) is 5.92 Å². The van der Waals surface area contributed by atoms with Crippen LogP contribution in [0.5, 0.6) is 5.75 Å². The minimum absolute atomic E-state index is 0.0914. The van der Waals surface area contributed by atoms with Crippen LogP contribution in [0.3, 0.4) is 0 Å². The summed E-state index contributed by atoms with van der Waals surface area (Å²) in [6, 6.07) is 11.0. The van der Waals surface area contributed by atoms with E-state index in [0.717, 1.165) is 16.2 Å². The van der Waals surface area contributed by atoms with Gasteiger partial charge in [0.2, 0.25) is 17.6 Å². The van der Waals surface area contributed by atoms with Crippen molar-refractivity contribution in [2.75, 3.05) is 12.4 Å². The van der Waals surface area contributed by atoms with Crippen LogP contribution in [-0.4, -0.2) is 33.4 Å². The van der Waals surface area contributed by atoms with Crippen LogP contribution in [0, 0.1) is 5.92 Å². The summed E-state index contributed by atoms with van der Waals surface area (Å²) in [5.41, 5.74) is 0.815. The number of amides is 1. The van der Waals surface area contributed by atoms with Crippen molar-refractivity contribution < 1.29 is 14.1 Å². The molecule has 0 spiro atoms. The lowest BCUT2D eigenvalue weighted by Crippen LogP contribution is -2.33. The van der Waals surface area contributed by atoms with E-state index in [-0.39, 0.29) is 17.9 Å². The van der Waals surface area contributed by atoms with E-state index in [2.05, 4.69) is 20.4 Å². The molecule has 0 aliphatic carbocycles. The molecule has 1 N–H and O–H groups in total. The quantitative estimate of drug-likeness (QED) is 0.528. The van der Waals surface area contributed by atoms with Crippen LogP contribution < -0.4 is 10.1 Å². The maximum absolute atomic E-state index is 12.5. The summed E-state index contributed by atoms with van der Waals surface area (Å²) in [5, 5.41) is 7.04. The number of thioether (sulfide) groups is 1. The summed E-state index contributed by atoms with van der Waals surface area (Å²) in [5.74, 6) is 1.99. The van der Waals surface area contributed by atoms with Gasteiger partial charge in [-0.3, -0.25) is 9.78 Å². The van der Waals surface area contributed by atoms with E-state index in [1.807, 2.05) is 57.2 Å². The highest BCUT2D eigenvalue weighted by molar-refractivity contribution is 8.00. The Hall–Kier alpha value is -2.87. The molecule has 1 unspecified atom stereocenters. The SMILES string of the molecule is CCOc1ccc(SCC(=O)NC(c2nc(-c3ccncc3)no2)C(C)C)cc1. The van der Waals surface area contributed by atoms with E-state index in [1.165, 1.54) is 11.8 Å². The maximum atomic E-state index is 12.5. The highest BCUT2D eigenvalue weighted by Gasteiger charge is 2.24. The third-order valence-corrected chi connectivity index (χ3v) is 5.15. The van der Waals surface area contributed by atoms with Gasteiger partial charge in [-0.15, -0.1) is 11.8 Å². The fourth-order valence-electron chi connectivity index (χ4n) is 2.66. The summed E-state index contributed by atoms with van der Waals surface area (Å²) >= 11 is 1.47. The molecule has 0 radical (unpaired) electrons. The topological polar surface area (TPSA) is 90.1 Å². The summed E-state index contributed by atoms with van der Waals surface area (Å²) in [7, 11) is 0. The Morgan fingerprint density at radius 2 is 1.90 bits per heavy atom. The van der Waals surface area contributed by atoms with E-state index in [4.69, 9.17) is 9.26 Å². The number of carbonyl (C=O) groups is 1. The van der Waals surface area contributed by atoms with Crippen LogP contribution in [0.4, 0.5) is 0 Å². The Balaban J connectivity index is 1.60. The van der Waals surface area contributed by atoms with Gasteiger partial charge >= 0.3 is 0 Å². The van der Waals surface area contributed by atoms with Crippen LogP contribution in [0.1, 0.15) is 32.7 Å². The second-order valence-electron chi connectivity index (χ2n) is 6.67. The van der Waals surface area contributed by atoms with Gasteiger partial charge in [0.05, 0.1) is 12.4 Å². The summed E-state index contributed by atoms with van der Waals surface area (Å²) in [4.78, 5) is 21.9. The van der Waals surface area contributed by atoms with E-state index >= 15 is 0 Å². The largest absolute Gasteiger partial charge is 0.494 e. The zero-order valence-corrected chi connectivity index (χ0v) is 17.5. The first-order valence-corrected chi connectivity index (χ1v) is 10.4. The Labute approximate surface area is 174 Å². The number of nitrogens with one attached hydrogen (secondary N) is 1. The predicted molar refractivity (Wildman–Crippen MR) is 112 cm³/mol. The molecule has 8 heteroatoms. The zero-order chi connectivity index (χ0) is 20.6. The molecule has 152 valence electrons. The molecule has 1 amide bonds. The lowest BCUT2D eigenvalue weighted by molar-refractivity contribution is -0.119. The third kappa shape index (κ3) is 5.80. The first kappa shape index (κ1) is 20.9. The Bertz CT molecular complexity index is 913. The summed E-state index contributed by atoms with van der Waals surface area (Å²) in [6.07, 6.45) is 3.34. The van der Waals surface area contributed by atoms with Gasteiger partial charge in [-0.25, -0.2) is 0 Å². The van der Waals surface area contributed by atoms with Gasteiger partial charge in [0.25, 0.3) is 0 Å². The molecule has 0 aliphatic heterocycles. The highest BCUT2D eigenvalue weighted by atomic mass is 32.2. The van der Waals surface area contributed by atoms with Crippen molar-refractivity contribution in [1.29, 1.82) is 0 Å². The molecule has 1 aromatic carbocycles. The molecule has 2 heterocycles. The maximum Gasteiger partial charge on any atom is 0.249 e. The number of carbonyl (C=O) groups excluding carboxylic acids is 1. The molecule has 0 bridgehead atoms. The molecule has 0 aliphatic rings. The van der Waals surface area contributed by atoms with E-state index in [9.17, 15) is 4.79 Å². The average Bonchev–Trinajstić information content (AvgIpc) is 3.22. The minimum atomic E-state index is -0.355. The minimum Gasteiger partial charge on any atom is -0.494 e. The molecule has 0 saturated carbocycles. The fraction of sp³-hybridized carbons (Fsp3) is 0.333. The second-order valence-corrected chi connectivity index (χ2v) is 7.72. The van der Waals surface area contributed by atoms with Gasteiger partial charge in [-0.1, -0.05) is 19.0 Å². The number of pyridine rings is 1. The molecular formula is C21H24N4O3S. The van der Waals surface area contributed by atoms with E-state index < -0.39 is 0 Å². The molecule has 3 rings (SSSR count). The van der Waals surface area contributed by atoms with Crippen LogP contribution >= 0.6 is 11.8 Å². The molecular weight excluding hydrogens is 388 g/mol. The van der Waals surface area contributed by atoms with Crippen molar-refractivity contribution in [3.8, 4) is 17.1 Å². The normalized spacial score (nSPS) is 12.0. The lowest BCUT2D eigenvalue weighted by atomic mass is 10.0. The van der Waals surface area contributed by atoms with Crippen molar-refractivity contribution in [2.45, 2.75) is 31.7 Å². The van der Waals surface area contributed by atoms with Crippen LogP contribution in [0.25, 0.3) is 11.4 Å². The molecule has 1 atom stereocenters. The molecule has 3 aromatic rings. The first-order valence-electron chi connectivity index (χ1n) is 9.46. The van der Waals surface area contributed by atoms with Crippen molar-refractivity contribution >= 4 is 17.7 Å². The molecule has 0 fully saturated rings. The summed E-state index contributed by atoms with van der Waals surface area (Å²) in [6.45, 7) is 6.58. The third-order valence-electron chi connectivity index (χ3n) is 4.13.